The summed E-state index contributed by atoms with van der Waals surface area (Å²) in [5.74, 6) is -0.286. The van der Waals surface area contributed by atoms with Gasteiger partial charge in [-0.05, 0) is 25.5 Å². The molecule has 0 aliphatic heterocycles. The summed E-state index contributed by atoms with van der Waals surface area (Å²) in [6.45, 7) is 1.97. The normalized spacial score (nSPS) is 11.6. The summed E-state index contributed by atoms with van der Waals surface area (Å²) in [6.07, 6.45) is 0.387. The maximum absolute atomic E-state index is 11.7. The number of hydrogen-bond donors (Lipinski definition) is 3. The molecule has 0 radical (unpaired) electrons. The number of benzene rings is 1. The van der Waals surface area contributed by atoms with Crippen molar-refractivity contribution in [3.8, 4) is 5.75 Å². The van der Waals surface area contributed by atoms with Gasteiger partial charge in [0.15, 0.2) is 0 Å². The standard InChI is InChI=1S/C14H19ClN2O4/c1-9(6-7-13(18)19)17-14(20)16-8-10-11(15)4-3-5-12(10)21-2/h3-5,9H,6-8H2,1-2H3,(H,18,19)(H2,16,17,20). The fourth-order valence-corrected chi connectivity index (χ4v) is 1.99. The van der Waals surface area contributed by atoms with Gasteiger partial charge in [-0.15, -0.1) is 0 Å². The van der Waals surface area contributed by atoms with Crippen molar-refractivity contribution in [2.75, 3.05) is 7.11 Å². The molecule has 0 fully saturated rings. The minimum Gasteiger partial charge on any atom is -0.496 e. The van der Waals surface area contributed by atoms with Crippen molar-refractivity contribution in [1.29, 1.82) is 0 Å². The molecular weight excluding hydrogens is 296 g/mol. The number of carbonyl (C=O) groups excluding carboxylic acids is 1. The lowest BCUT2D eigenvalue weighted by Gasteiger charge is -2.15. The molecule has 0 spiro atoms. The number of urea groups is 1. The van der Waals surface area contributed by atoms with Crippen molar-refractivity contribution in [3.63, 3.8) is 0 Å². The second-order valence-electron chi connectivity index (χ2n) is 4.58. The van der Waals surface area contributed by atoms with Gasteiger partial charge in [0.05, 0.1) is 7.11 Å². The van der Waals surface area contributed by atoms with Gasteiger partial charge in [-0.2, -0.15) is 0 Å². The van der Waals surface area contributed by atoms with Crippen LogP contribution in [0.4, 0.5) is 4.79 Å². The lowest BCUT2D eigenvalue weighted by molar-refractivity contribution is -0.137. The van der Waals surface area contributed by atoms with Crippen LogP contribution in [0.5, 0.6) is 5.75 Å². The van der Waals surface area contributed by atoms with Crippen LogP contribution in [0.15, 0.2) is 18.2 Å². The predicted molar refractivity (Wildman–Crippen MR) is 79.7 cm³/mol. The average molecular weight is 315 g/mol. The van der Waals surface area contributed by atoms with E-state index >= 15 is 0 Å². The molecule has 0 aliphatic rings. The molecular formula is C14H19ClN2O4. The third kappa shape index (κ3) is 5.91. The Morgan fingerprint density at radius 3 is 2.76 bits per heavy atom. The highest BCUT2D eigenvalue weighted by Crippen LogP contribution is 2.25. The zero-order valence-corrected chi connectivity index (χ0v) is 12.7. The summed E-state index contributed by atoms with van der Waals surface area (Å²) in [7, 11) is 1.53. The third-order valence-electron chi connectivity index (χ3n) is 2.89. The van der Waals surface area contributed by atoms with Gasteiger partial charge >= 0.3 is 12.0 Å². The van der Waals surface area contributed by atoms with Crippen molar-refractivity contribution in [3.05, 3.63) is 28.8 Å². The van der Waals surface area contributed by atoms with Crippen LogP contribution in [-0.2, 0) is 11.3 Å². The van der Waals surface area contributed by atoms with Crippen molar-refractivity contribution in [2.45, 2.75) is 32.4 Å². The lowest BCUT2D eigenvalue weighted by atomic mass is 10.2. The minimum atomic E-state index is -0.884. The lowest BCUT2D eigenvalue weighted by Crippen LogP contribution is -2.40. The van der Waals surface area contributed by atoms with Gasteiger partial charge in [0.25, 0.3) is 0 Å². The summed E-state index contributed by atoms with van der Waals surface area (Å²) >= 11 is 6.06. The SMILES string of the molecule is COc1cccc(Cl)c1CNC(=O)NC(C)CCC(=O)O. The Hall–Kier alpha value is -1.95. The number of ether oxygens (including phenoxy) is 1. The van der Waals surface area contributed by atoms with Crippen molar-refractivity contribution >= 4 is 23.6 Å². The molecule has 2 amide bonds. The van der Waals surface area contributed by atoms with Gasteiger partial charge in [0.1, 0.15) is 5.75 Å². The quantitative estimate of drug-likeness (QED) is 0.721. The van der Waals surface area contributed by atoms with E-state index in [1.165, 1.54) is 7.11 Å². The third-order valence-corrected chi connectivity index (χ3v) is 3.24. The number of halogens is 1. The summed E-state index contributed by atoms with van der Waals surface area (Å²) < 4.78 is 5.18. The van der Waals surface area contributed by atoms with Crippen molar-refractivity contribution in [1.82, 2.24) is 10.6 Å². The number of carboxylic acid groups (broad SMARTS) is 1. The Labute approximate surface area is 128 Å². The van der Waals surface area contributed by atoms with E-state index in [0.29, 0.717) is 22.8 Å². The molecule has 0 aromatic heterocycles. The number of methoxy groups -OCH3 is 1. The van der Waals surface area contributed by atoms with Gasteiger partial charge in [0, 0.05) is 29.6 Å². The number of aliphatic carboxylic acids is 1. The predicted octanol–water partition coefficient (Wildman–Crippen LogP) is 2.40. The number of nitrogens with one attached hydrogen (secondary N) is 2. The first-order valence-electron chi connectivity index (χ1n) is 6.51. The molecule has 3 N–H and O–H groups in total. The Balaban J connectivity index is 2.48. The van der Waals surface area contributed by atoms with Gasteiger partial charge < -0.3 is 20.5 Å². The number of rotatable bonds is 7. The monoisotopic (exact) mass is 314 g/mol. The second kappa shape index (κ2) is 8.36. The van der Waals surface area contributed by atoms with Crippen LogP contribution >= 0.6 is 11.6 Å². The smallest absolute Gasteiger partial charge is 0.315 e. The summed E-state index contributed by atoms with van der Waals surface area (Å²) in [5, 5.41) is 14.4. The van der Waals surface area contributed by atoms with Crippen molar-refractivity contribution in [2.24, 2.45) is 0 Å². The van der Waals surface area contributed by atoms with Crippen LogP contribution in [0.25, 0.3) is 0 Å². The first kappa shape index (κ1) is 17.1. The van der Waals surface area contributed by atoms with Crippen molar-refractivity contribution < 1.29 is 19.4 Å². The first-order chi connectivity index (χ1) is 9.93. The minimum absolute atomic E-state index is 0.0137. The zero-order chi connectivity index (χ0) is 15.8. The van der Waals surface area contributed by atoms with E-state index in [1.807, 2.05) is 0 Å². The topological polar surface area (TPSA) is 87.7 Å². The highest BCUT2D eigenvalue weighted by atomic mass is 35.5. The molecule has 1 rings (SSSR count). The molecule has 1 aromatic rings. The van der Waals surface area contributed by atoms with E-state index in [9.17, 15) is 9.59 Å². The Morgan fingerprint density at radius 1 is 1.43 bits per heavy atom. The first-order valence-corrected chi connectivity index (χ1v) is 6.89. The van der Waals surface area contributed by atoms with Crippen LogP contribution < -0.4 is 15.4 Å². The highest BCUT2D eigenvalue weighted by Gasteiger charge is 2.11. The highest BCUT2D eigenvalue weighted by molar-refractivity contribution is 6.31. The molecule has 0 saturated heterocycles. The van der Waals surface area contributed by atoms with E-state index in [1.54, 1.807) is 25.1 Å². The molecule has 0 saturated carbocycles. The Bertz CT molecular complexity index is 508. The fraction of sp³-hybridized carbons (Fsp3) is 0.429. The second-order valence-corrected chi connectivity index (χ2v) is 4.99. The average Bonchev–Trinajstić information content (AvgIpc) is 2.43. The number of hydrogen-bond acceptors (Lipinski definition) is 3. The molecule has 21 heavy (non-hydrogen) atoms. The molecule has 1 aromatic carbocycles. The van der Waals surface area contributed by atoms with E-state index in [2.05, 4.69) is 10.6 Å². The molecule has 0 heterocycles. The van der Waals surface area contributed by atoms with E-state index in [0.717, 1.165) is 0 Å². The molecule has 6 nitrogen and oxygen atoms in total. The molecule has 1 unspecified atom stereocenters. The van der Waals surface area contributed by atoms with Crippen LogP contribution in [0.2, 0.25) is 5.02 Å². The van der Waals surface area contributed by atoms with Crippen LogP contribution in [-0.4, -0.2) is 30.3 Å². The van der Waals surface area contributed by atoms with Crippen LogP contribution in [0.3, 0.4) is 0 Å². The van der Waals surface area contributed by atoms with E-state index in [-0.39, 0.29) is 25.0 Å². The molecule has 1 atom stereocenters. The maximum atomic E-state index is 11.7. The number of amides is 2. The molecule has 116 valence electrons. The van der Waals surface area contributed by atoms with Gasteiger partial charge in [-0.1, -0.05) is 17.7 Å². The summed E-state index contributed by atoms with van der Waals surface area (Å²) in [4.78, 5) is 22.2. The summed E-state index contributed by atoms with van der Waals surface area (Å²) in [5.41, 5.74) is 0.690. The van der Waals surface area contributed by atoms with Crippen LogP contribution in [0, 0.1) is 0 Å². The van der Waals surface area contributed by atoms with Crippen LogP contribution in [0.1, 0.15) is 25.3 Å². The van der Waals surface area contributed by atoms with Gasteiger partial charge in [-0.3, -0.25) is 4.79 Å². The Kier molecular flexibility index (Phi) is 6.81. The van der Waals surface area contributed by atoms with Gasteiger partial charge in [0.2, 0.25) is 0 Å². The van der Waals surface area contributed by atoms with E-state index in [4.69, 9.17) is 21.4 Å². The molecule has 0 bridgehead atoms. The zero-order valence-electron chi connectivity index (χ0n) is 12.0. The fourth-order valence-electron chi connectivity index (χ4n) is 1.76. The molecule has 0 aliphatic carbocycles. The summed E-state index contributed by atoms with van der Waals surface area (Å²) in [6, 6.07) is 4.63. The molecule has 7 heteroatoms. The number of carboxylic acids is 1. The maximum Gasteiger partial charge on any atom is 0.315 e. The largest absolute Gasteiger partial charge is 0.496 e. The van der Waals surface area contributed by atoms with E-state index < -0.39 is 5.97 Å². The number of carbonyl (C=O) groups is 2. The van der Waals surface area contributed by atoms with Gasteiger partial charge in [-0.25, -0.2) is 4.79 Å². The Morgan fingerprint density at radius 2 is 2.14 bits per heavy atom.